The van der Waals surface area contributed by atoms with Crippen LogP contribution in [0.25, 0.3) is 0 Å². The molecule has 2 aliphatic carbocycles. The minimum absolute atomic E-state index is 0. The van der Waals surface area contributed by atoms with E-state index in [-0.39, 0.29) is 63.1 Å². The van der Waals surface area contributed by atoms with Crippen LogP contribution in [0.2, 0.25) is 0 Å². The van der Waals surface area contributed by atoms with Crippen LogP contribution in [0.5, 0.6) is 0 Å². The Morgan fingerprint density at radius 1 is 1.08 bits per heavy atom. The van der Waals surface area contributed by atoms with Gasteiger partial charge in [0.2, 0.25) is 0 Å². The monoisotopic (exact) mass is 403 g/mol. The van der Waals surface area contributed by atoms with Crippen molar-refractivity contribution in [1.82, 2.24) is 0 Å². The summed E-state index contributed by atoms with van der Waals surface area (Å²) in [5.41, 5.74) is 2.35. The molecule has 4 heteroatoms. The van der Waals surface area contributed by atoms with Crippen LogP contribution in [0.4, 0.5) is 0 Å². The van der Waals surface area contributed by atoms with Crippen LogP contribution in [-0.4, -0.2) is 11.2 Å². The Morgan fingerprint density at radius 2 is 1.71 bits per heavy atom. The Morgan fingerprint density at radius 3 is 2.17 bits per heavy atom. The molecule has 0 amide bonds. The maximum atomic E-state index is 6.65. The van der Waals surface area contributed by atoms with Gasteiger partial charge < -0.3 is 29.6 Å². The van der Waals surface area contributed by atoms with Gasteiger partial charge in [-0.1, -0.05) is 39.0 Å². The van der Waals surface area contributed by atoms with Crippen molar-refractivity contribution in [3.63, 3.8) is 0 Å². The van der Waals surface area contributed by atoms with E-state index >= 15 is 0 Å². The number of halogens is 2. The molecule has 133 valence electrons. The van der Waals surface area contributed by atoms with Gasteiger partial charge in [0.1, 0.15) is 0 Å². The van der Waals surface area contributed by atoms with Crippen LogP contribution in [0.3, 0.4) is 0 Å². The van der Waals surface area contributed by atoms with Crippen LogP contribution >= 0.6 is 0 Å². The Balaban J connectivity index is 0. The molecule has 2 rings (SSSR count). The van der Waals surface area contributed by atoms with E-state index in [1.165, 1.54) is 11.1 Å². The summed E-state index contributed by atoms with van der Waals surface area (Å²) in [7, 11) is 0. The van der Waals surface area contributed by atoms with Crippen LogP contribution < -0.4 is 24.8 Å². The fourth-order valence-electron chi connectivity index (χ4n) is 3.38. The number of ether oxygens (including phenoxy) is 1. The third kappa shape index (κ3) is 6.85. The third-order valence-electron chi connectivity index (χ3n) is 3.89. The van der Waals surface area contributed by atoms with Crippen molar-refractivity contribution in [2.75, 3.05) is 0 Å². The van der Waals surface area contributed by atoms with Gasteiger partial charge in [0.15, 0.2) is 0 Å². The largest absolute Gasteiger partial charge is 3.00 e. The summed E-state index contributed by atoms with van der Waals surface area (Å²) in [5.74, 6) is 0. The Hall–Kier alpha value is 0.214. The average molecular weight is 404 g/mol. The number of allylic oxidation sites excluding steroid dienone is 5. The van der Waals surface area contributed by atoms with Crippen LogP contribution in [-0.2, 0) is 26.5 Å². The predicted octanol–water partition coefficient (Wildman–Crippen LogP) is -0.442. The van der Waals surface area contributed by atoms with Crippen LogP contribution in [0.1, 0.15) is 60.8 Å². The molecule has 2 aliphatic rings. The van der Waals surface area contributed by atoms with E-state index in [1.54, 1.807) is 0 Å². The standard InChI is InChI=1S/C20H29O.2ClH.Ti/c1-18(2,3)17-13-9-10-14-20(17,21-19(4,5)6)15-16-11-7-8-12-16;;;/h7,9-11,13H,8,14-15H2,1-6H3;2*1H;/q-1;;;+3/p-2. The molecule has 0 saturated heterocycles. The van der Waals surface area contributed by atoms with Crippen molar-refractivity contribution in [1.29, 1.82) is 0 Å². The molecule has 1 atom stereocenters. The van der Waals surface area contributed by atoms with E-state index < -0.39 is 0 Å². The van der Waals surface area contributed by atoms with E-state index in [0.29, 0.717) is 0 Å². The maximum absolute atomic E-state index is 6.65. The molecular weight excluding hydrogens is 375 g/mol. The number of rotatable bonds is 3. The van der Waals surface area contributed by atoms with Gasteiger partial charge in [-0.25, -0.2) is 11.6 Å². The number of hydrogen-bond donors (Lipinski definition) is 0. The molecule has 0 bridgehead atoms. The Kier molecular flexibility index (Phi) is 10.8. The predicted molar refractivity (Wildman–Crippen MR) is 90.0 cm³/mol. The molecule has 0 heterocycles. The zero-order valence-corrected chi connectivity index (χ0v) is 18.7. The van der Waals surface area contributed by atoms with E-state index in [1.807, 2.05) is 0 Å². The average Bonchev–Trinajstić information content (AvgIpc) is 2.78. The normalized spacial score (nSPS) is 22.8. The van der Waals surface area contributed by atoms with Gasteiger partial charge in [-0.3, -0.25) is 6.08 Å². The fourth-order valence-corrected chi connectivity index (χ4v) is 3.38. The zero-order valence-electron chi connectivity index (χ0n) is 15.7. The van der Waals surface area contributed by atoms with Crippen molar-refractivity contribution >= 4 is 0 Å². The first-order chi connectivity index (χ1) is 9.62. The van der Waals surface area contributed by atoms with Crippen LogP contribution in [0, 0.1) is 11.5 Å². The summed E-state index contributed by atoms with van der Waals surface area (Å²) < 4.78 is 6.65. The van der Waals surface area contributed by atoms with Crippen LogP contribution in [0.15, 0.2) is 41.5 Å². The first kappa shape index (κ1) is 26.4. The molecule has 0 aliphatic heterocycles. The summed E-state index contributed by atoms with van der Waals surface area (Å²) in [5, 5.41) is 0. The summed E-state index contributed by atoms with van der Waals surface area (Å²) in [6, 6.07) is 0. The maximum Gasteiger partial charge on any atom is 3.00 e. The van der Waals surface area contributed by atoms with Gasteiger partial charge in [-0.15, -0.1) is 6.42 Å². The van der Waals surface area contributed by atoms with E-state index in [9.17, 15) is 0 Å². The quantitative estimate of drug-likeness (QED) is 0.458. The molecule has 0 saturated carbocycles. The van der Waals surface area contributed by atoms with Crippen molar-refractivity contribution in [3.05, 3.63) is 47.6 Å². The van der Waals surface area contributed by atoms with Gasteiger partial charge in [0.25, 0.3) is 0 Å². The van der Waals surface area contributed by atoms with Gasteiger partial charge in [-0.2, -0.15) is 6.08 Å². The molecule has 0 spiro atoms. The molecule has 1 nitrogen and oxygen atoms in total. The van der Waals surface area contributed by atoms with Gasteiger partial charge in [-0.05, 0) is 44.6 Å². The molecule has 0 N–H and O–H groups in total. The second-order valence-electron chi connectivity index (χ2n) is 8.16. The Labute approximate surface area is 175 Å². The molecule has 1 unspecified atom stereocenters. The molecule has 0 fully saturated rings. The van der Waals surface area contributed by atoms with E-state index in [4.69, 9.17) is 4.74 Å². The van der Waals surface area contributed by atoms with Crippen molar-refractivity contribution in [2.24, 2.45) is 5.41 Å². The van der Waals surface area contributed by atoms with Gasteiger partial charge in [0.05, 0.1) is 11.2 Å². The first-order valence-electron chi connectivity index (χ1n) is 7.97. The van der Waals surface area contributed by atoms with E-state index in [2.05, 4.69) is 78.0 Å². The summed E-state index contributed by atoms with van der Waals surface area (Å²) in [4.78, 5) is 0. The molecule has 0 aromatic heterocycles. The van der Waals surface area contributed by atoms with Gasteiger partial charge in [0, 0.05) is 0 Å². The van der Waals surface area contributed by atoms with Crippen molar-refractivity contribution < 1.29 is 51.3 Å². The third-order valence-corrected chi connectivity index (χ3v) is 3.89. The second-order valence-corrected chi connectivity index (χ2v) is 8.16. The number of hydrogen-bond acceptors (Lipinski definition) is 1. The molecular formula is C20H29Cl2OTi. The van der Waals surface area contributed by atoms with Gasteiger partial charge >= 0.3 is 21.7 Å². The first-order valence-corrected chi connectivity index (χ1v) is 7.97. The Bertz CT molecular complexity index is 519. The minimum atomic E-state index is -0.248. The SMILES string of the molecule is CC(C)(C)OC1(CC2=[C-]CC=C2)CC=CC=C1C(C)(C)C.[Cl-].[Cl-].[Ti+3]. The molecule has 0 aromatic rings. The zero-order chi connectivity index (χ0) is 15.7. The second kappa shape index (κ2) is 9.79. The van der Waals surface area contributed by atoms with E-state index in [0.717, 1.165) is 19.3 Å². The molecule has 24 heavy (non-hydrogen) atoms. The molecule has 1 radical (unpaired) electrons. The van der Waals surface area contributed by atoms with Crippen molar-refractivity contribution in [2.45, 2.75) is 72.0 Å². The molecule has 0 aromatic carbocycles. The van der Waals surface area contributed by atoms with Crippen molar-refractivity contribution in [3.8, 4) is 0 Å². The summed E-state index contributed by atoms with van der Waals surface area (Å²) in [6.07, 6.45) is 17.3. The fraction of sp³-hybridized carbons (Fsp3) is 0.600. The summed E-state index contributed by atoms with van der Waals surface area (Å²) in [6.45, 7) is 13.3. The topological polar surface area (TPSA) is 9.23 Å². The minimum Gasteiger partial charge on any atom is -1.00 e. The summed E-state index contributed by atoms with van der Waals surface area (Å²) >= 11 is 0. The smallest absolute Gasteiger partial charge is 1.00 e.